The lowest BCUT2D eigenvalue weighted by atomic mass is 9.67. The summed E-state index contributed by atoms with van der Waals surface area (Å²) in [4.78, 5) is 28.4. The highest BCUT2D eigenvalue weighted by atomic mass is 16.3. The van der Waals surface area contributed by atoms with Gasteiger partial charge < -0.3 is 15.4 Å². The monoisotopic (exact) mass is 404 g/mol. The minimum atomic E-state index is -0.370. The summed E-state index contributed by atoms with van der Waals surface area (Å²) in [6, 6.07) is 18.9. The molecule has 0 aliphatic heterocycles. The van der Waals surface area contributed by atoms with Crippen molar-refractivity contribution in [3.8, 4) is 0 Å². The highest BCUT2D eigenvalue weighted by Gasteiger charge is 2.41. The van der Waals surface area contributed by atoms with E-state index in [9.17, 15) is 14.7 Å². The zero-order chi connectivity index (χ0) is 21.0. The van der Waals surface area contributed by atoms with Crippen molar-refractivity contribution in [2.45, 2.75) is 44.6 Å². The van der Waals surface area contributed by atoms with Gasteiger partial charge in [-0.15, -0.1) is 0 Å². The number of carbonyl (C=O) groups is 1. The first-order valence-electron chi connectivity index (χ1n) is 10.7. The number of aromatic nitrogens is 1. The molecule has 1 amide bonds. The molecule has 30 heavy (non-hydrogen) atoms. The van der Waals surface area contributed by atoms with Gasteiger partial charge in [-0.25, -0.2) is 0 Å². The molecule has 156 valence electrons. The number of nitrogens with one attached hydrogen (secondary N) is 2. The number of hydrogen-bond acceptors (Lipinski definition) is 3. The minimum Gasteiger partial charge on any atom is -0.396 e. The van der Waals surface area contributed by atoms with Crippen LogP contribution in [0.3, 0.4) is 0 Å². The number of aromatic amines is 1. The molecular weight excluding hydrogens is 376 g/mol. The number of aliphatic hydroxyl groups excluding tert-OH is 1. The van der Waals surface area contributed by atoms with Gasteiger partial charge in [-0.3, -0.25) is 9.59 Å². The van der Waals surface area contributed by atoms with Crippen molar-refractivity contribution in [2.75, 3.05) is 6.61 Å². The second-order valence-electron chi connectivity index (χ2n) is 8.38. The predicted octanol–water partition coefficient (Wildman–Crippen LogP) is 3.87. The van der Waals surface area contributed by atoms with Gasteiger partial charge in [0.05, 0.1) is 19.1 Å². The van der Waals surface area contributed by atoms with E-state index in [-0.39, 0.29) is 36.0 Å². The van der Waals surface area contributed by atoms with E-state index >= 15 is 0 Å². The molecule has 3 aromatic rings. The number of benzene rings is 2. The van der Waals surface area contributed by atoms with Gasteiger partial charge in [0.25, 0.3) is 5.56 Å². The van der Waals surface area contributed by atoms with E-state index in [1.807, 2.05) is 54.6 Å². The number of hydrogen-bond donors (Lipinski definition) is 3. The molecule has 1 aromatic heterocycles. The topological polar surface area (TPSA) is 82.2 Å². The first-order valence-corrected chi connectivity index (χ1v) is 10.7. The summed E-state index contributed by atoms with van der Waals surface area (Å²) in [6.07, 6.45) is 5.00. The Morgan fingerprint density at radius 3 is 2.47 bits per heavy atom. The maximum atomic E-state index is 13.0. The number of carbonyl (C=O) groups excluding carboxylic acids is 1. The van der Waals surface area contributed by atoms with Crippen LogP contribution >= 0.6 is 0 Å². The number of H-pyrrole nitrogens is 1. The molecule has 1 atom stereocenters. The van der Waals surface area contributed by atoms with Crippen molar-refractivity contribution in [3.05, 3.63) is 82.1 Å². The van der Waals surface area contributed by atoms with Gasteiger partial charge in [0.2, 0.25) is 5.91 Å². The fraction of sp³-hybridized carbons (Fsp3) is 0.360. The van der Waals surface area contributed by atoms with Crippen molar-refractivity contribution in [1.82, 2.24) is 10.3 Å². The van der Waals surface area contributed by atoms with Crippen molar-refractivity contribution < 1.29 is 9.90 Å². The van der Waals surface area contributed by atoms with E-state index in [2.05, 4.69) is 10.3 Å². The van der Waals surface area contributed by atoms with E-state index in [1.54, 1.807) is 6.07 Å². The summed E-state index contributed by atoms with van der Waals surface area (Å²) in [5, 5.41) is 14.4. The molecule has 1 aliphatic carbocycles. The van der Waals surface area contributed by atoms with Gasteiger partial charge in [0.15, 0.2) is 0 Å². The van der Waals surface area contributed by atoms with E-state index in [0.717, 1.165) is 48.6 Å². The van der Waals surface area contributed by atoms with Gasteiger partial charge in [0, 0.05) is 16.5 Å². The summed E-state index contributed by atoms with van der Waals surface area (Å²) >= 11 is 0. The first kappa shape index (κ1) is 20.4. The van der Waals surface area contributed by atoms with Crippen LogP contribution in [0.2, 0.25) is 0 Å². The third-order valence-corrected chi connectivity index (χ3v) is 6.40. The van der Waals surface area contributed by atoms with Crippen molar-refractivity contribution in [3.63, 3.8) is 0 Å². The lowest BCUT2D eigenvalue weighted by Gasteiger charge is -2.43. The summed E-state index contributed by atoms with van der Waals surface area (Å²) < 4.78 is 0. The SMILES string of the molecule is O=C(Cc1cc2ccccc2[nH]c1=O)NC(c1ccccc1)C1(CO)CCCCC1. The van der Waals surface area contributed by atoms with Crippen LogP contribution in [-0.4, -0.2) is 22.6 Å². The molecule has 1 heterocycles. The lowest BCUT2D eigenvalue weighted by molar-refractivity contribution is -0.123. The zero-order valence-corrected chi connectivity index (χ0v) is 17.1. The molecule has 0 spiro atoms. The molecule has 0 bridgehead atoms. The molecule has 5 nitrogen and oxygen atoms in total. The Bertz CT molecular complexity index is 1070. The number of rotatable bonds is 6. The number of fused-ring (bicyclic) bond motifs is 1. The molecule has 2 aromatic carbocycles. The Hall–Kier alpha value is -2.92. The number of aliphatic hydroxyl groups is 1. The molecule has 1 aliphatic rings. The van der Waals surface area contributed by atoms with Crippen LogP contribution < -0.4 is 10.9 Å². The lowest BCUT2D eigenvalue weighted by Crippen LogP contribution is -2.45. The van der Waals surface area contributed by atoms with Crippen molar-refractivity contribution >= 4 is 16.8 Å². The van der Waals surface area contributed by atoms with Gasteiger partial charge >= 0.3 is 0 Å². The molecule has 1 fully saturated rings. The number of amides is 1. The first-order chi connectivity index (χ1) is 14.6. The summed E-state index contributed by atoms with van der Waals surface area (Å²) in [6.45, 7) is 0.0311. The summed E-state index contributed by atoms with van der Waals surface area (Å²) in [7, 11) is 0. The van der Waals surface area contributed by atoms with E-state index in [1.165, 1.54) is 0 Å². The van der Waals surface area contributed by atoms with E-state index in [0.29, 0.717) is 5.56 Å². The van der Waals surface area contributed by atoms with Crippen LogP contribution in [-0.2, 0) is 11.2 Å². The van der Waals surface area contributed by atoms with Gasteiger partial charge in [-0.05, 0) is 35.9 Å². The van der Waals surface area contributed by atoms with Crippen LogP contribution in [0, 0.1) is 5.41 Å². The van der Waals surface area contributed by atoms with Crippen molar-refractivity contribution in [2.24, 2.45) is 5.41 Å². The smallest absolute Gasteiger partial charge is 0.252 e. The zero-order valence-electron chi connectivity index (χ0n) is 17.1. The molecule has 0 saturated heterocycles. The van der Waals surface area contributed by atoms with E-state index < -0.39 is 0 Å². The second-order valence-corrected chi connectivity index (χ2v) is 8.38. The second kappa shape index (κ2) is 8.84. The molecule has 1 saturated carbocycles. The third-order valence-electron chi connectivity index (χ3n) is 6.40. The quantitative estimate of drug-likeness (QED) is 0.583. The average molecular weight is 405 g/mol. The Morgan fingerprint density at radius 2 is 1.73 bits per heavy atom. The van der Waals surface area contributed by atoms with Crippen LogP contribution in [0.1, 0.15) is 49.3 Å². The predicted molar refractivity (Wildman–Crippen MR) is 118 cm³/mol. The molecule has 3 N–H and O–H groups in total. The number of para-hydroxylation sites is 1. The standard InChI is InChI=1S/C25H28N2O3/c28-17-25(13-7-2-8-14-25)23(18-9-3-1-4-10-18)27-22(29)16-20-15-19-11-5-6-12-21(19)26-24(20)30/h1,3-6,9-12,15,23,28H,2,7-8,13-14,16-17H2,(H,26,30)(H,27,29). The van der Waals surface area contributed by atoms with Crippen LogP contribution in [0.4, 0.5) is 0 Å². The van der Waals surface area contributed by atoms with Gasteiger partial charge in [-0.1, -0.05) is 67.8 Å². The molecular formula is C25H28N2O3. The molecule has 1 unspecified atom stereocenters. The fourth-order valence-electron chi connectivity index (χ4n) is 4.74. The van der Waals surface area contributed by atoms with Crippen molar-refractivity contribution in [1.29, 1.82) is 0 Å². The van der Waals surface area contributed by atoms with Crippen LogP contribution in [0.5, 0.6) is 0 Å². The Labute approximate surface area is 176 Å². The molecule has 4 rings (SSSR count). The minimum absolute atomic E-state index is 0.00497. The Balaban J connectivity index is 1.61. The Kier molecular flexibility index (Phi) is 6.00. The van der Waals surface area contributed by atoms with Gasteiger partial charge in [0.1, 0.15) is 0 Å². The van der Waals surface area contributed by atoms with E-state index in [4.69, 9.17) is 0 Å². The average Bonchev–Trinajstić information content (AvgIpc) is 2.79. The third kappa shape index (κ3) is 4.17. The maximum absolute atomic E-state index is 13.0. The normalized spacial score (nSPS) is 16.8. The largest absolute Gasteiger partial charge is 0.396 e. The van der Waals surface area contributed by atoms with Gasteiger partial charge in [-0.2, -0.15) is 0 Å². The Morgan fingerprint density at radius 1 is 1.03 bits per heavy atom. The highest BCUT2D eigenvalue weighted by Crippen LogP contribution is 2.45. The molecule has 5 heteroatoms. The maximum Gasteiger partial charge on any atom is 0.252 e. The summed E-state index contributed by atoms with van der Waals surface area (Å²) in [5.74, 6) is -0.206. The number of pyridine rings is 1. The highest BCUT2D eigenvalue weighted by molar-refractivity contribution is 5.82. The fourth-order valence-corrected chi connectivity index (χ4v) is 4.74. The van der Waals surface area contributed by atoms with Crippen LogP contribution in [0.25, 0.3) is 10.9 Å². The summed E-state index contributed by atoms with van der Waals surface area (Å²) in [5.41, 5.74) is 1.59. The molecule has 0 radical (unpaired) electrons. The van der Waals surface area contributed by atoms with Crippen LogP contribution in [0.15, 0.2) is 65.5 Å².